The Morgan fingerprint density at radius 2 is 2.24 bits per heavy atom. The van der Waals surface area contributed by atoms with Crippen molar-refractivity contribution in [2.75, 3.05) is 6.61 Å². The molecule has 2 unspecified atom stereocenters. The van der Waals surface area contributed by atoms with E-state index in [0.29, 0.717) is 5.25 Å². The van der Waals surface area contributed by atoms with E-state index in [1.807, 2.05) is 19.3 Å². The third kappa shape index (κ3) is 3.40. The maximum Gasteiger partial charge on any atom is 0.187 e. The fraction of sp³-hybridized carbons (Fsp3) is 0.667. The van der Waals surface area contributed by atoms with Gasteiger partial charge in [-0.05, 0) is 31.7 Å². The SMILES string of the molecule is Cc1cnc(SC2CCCC(N)(CO)C2)nc1. The molecule has 1 heterocycles. The van der Waals surface area contributed by atoms with E-state index in [4.69, 9.17) is 5.73 Å². The van der Waals surface area contributed by atoms with Crippen LogP contribution in [0.25, 0.3) is 0 Å². The zero-order valence-electron chi connectivity index (χ0n) is 10.1. The number of rotatable bonds is 3. The Morgan fingerprint density at radius 1 is 1.53 bits per heavy atom. The van der Waals surface area contributed by atoms with Crippen LogP contribution in [-0.2, 0) is 0 Å². The standard InChI is InChI=1S/C12H19N3OS/c1-9-6-14-11(15-7-9)17-10-3-2-4-12(13,5-10)8-16/h6-7,10,16H,2-5,8,13H2,1H3. The van der Waals surface area contributed by atoms with E-state index in [0.717, 1.165) is 36.4 Å². The van der Waals surface area contributed by atoms with E-state index in [9.17, 15) is 5.11 Å². The summed E-state index contributed by atoms with van der Waals surface area (Å²) in [5.74, 6) is 0. The minimum atomic E-state index is -0.402. The van der Waals surface area contributed by atoms with Crippen molar-refractivity contribution >= 4 is 11.8 Å². The molecule has 2 rings (SSSR count). The average molecular weight is 253 g/mol. The number of aliphatic hydroxyl groups excluding tert-OH is 1. The molecule has 1 aliphatic carbocycles. The number of aromatic nitrogens is 2. The second kappa shape index (κ2) is 5.33. The Kier molecular flexibility index (Phi) is 4.01. The predicted octanol–water partition coefficient (Wildman–Crippen LogP) is 1.51. The van der Waals surface area contributed by atoms with Gasteiger partial charge in [-0.25, -0.2) is 9.97 Å². The largest absolute Gasteiger partial charge is 0.394 e. The first-order chi connectivity index (χ1) is 8.11. The maximum absolute atomic E-state index is 9.31. The quantitative estimate of drug-likeness (QED) is 0.799. The molecular weight excluding hydrogens is 234 g/mol. The summed E-state index contributed by atoms with van der Waals surface area (Å²) in [6.07, 6.45) is 7.61. The van der Waals surface area contributed by atoms with Gasteiger partial charge in [0, 0.05) is 23.2 Å². The summed E-state index contributed by atoms with van der Waals surface area (Å²) in [5.41, 5.74) is 6.79. The van der Waals surface area contributed by atoms with E-state index in [1.165, 1.54) is 0 Å². The number of aliphatic hydroxyl groups is 1. The van der Waals surface area contributed by atoms with Crippen LogP contribution in [-0.4, -0.2) is 32.5 Å². The number of hydrogen-bond donors (Lipinski definition) is 2. The number of aryl methyl sites for hydroxylation is 1. The molecule has 0 bridgehead atoms. The molecule has 3 N–H and O–H groups in total. The van der Waals surface area contributed by atoms with Gasteiger partial charge in [-0.1, -0.05) is 18.2 Å². The molecule has 5 heteroatoms. The highest BCUT2D eigenvalue weighted by atomic mass is 32.2. The highest BCUT2D eigenvalue weighted by molar-refractivity contribution is 7.99. The van der Waals surface area contributed by atoms with Crippen LogP contribution < -0.4 is 5.73 Å². The van der Waals surface area contributed by atoms with Gasteiger partial charge in [0.2, 0.25) is 0 Å². The van der Waals surface area contributed by atoms with Crippen molar-refractivity contribution < 1.29 is 5.11 Å². The normalized spacial score (nSPS) is 29.2. The highest BCUT2D eigenvalue weighted by Gasteiger charge is 2.32. The summed E-state index contributed by atoms with van der Waals surface area (Å²) >= 11 is 1.68. The van der Waals surface area contributed by atoms with Crippen molar-refractivity contribution in [1.82, 2.24) is 9.97 Å². The van der Waals surface area contributed by atoms with Gasteiger partial charge in [0.05, 0.1) is 6.61 Å². The second-order valence-electron chi connectivity index (χ2n) is 4.90. The van der Waals surface area contributed by atoms with E-state index >= 15 is 0 Å². The van der Waals surface area contributed by atoms with Crippen LogP contribution in [0.3, 0.4) is 0 Å². The van der Waals surface area contributed by atoms with Gasteiger partial charge in [0.15, 0.2) is 5.16 Å². The van der Waals surface area contributed by atoms with Gasteiger partial charge < -0.3 is 10.8 Å². The van der Waals surface area contributed by atoms with Crippen LogP contribution in [0.15, 0.2) is 17.6 Å². The van der Waals surface area contributed by atoms with Crippen LogP contribution >= 0.6 is 11.8 Å². The Hall–Kier alpha value is -0.650. The lowest BCUT2D eigenvalue weighted by Gasteiger charge is -2.35. The Morgan fingerprint density at radius 3 is 2.88 bits per heavy atom. The second-order valence-corrected chi connectivity index (χ2v) is 6.17. The van der Waals surface area contributed by atoms with E-state index in [2.05, 4.69) is 9.97 Å². The minimum Gasteiger partial charge on any atom is -0.394 e. The minimum absolute atomic E-state index is 0.0683. The van der Waals surface area contributed by atoms with Gasteiger partial charge in [-0.3, -0.25) is 0 Å². The molecule has 1 fully saturated rings. The molecular formula is C12H19N3OS. The summed E-state index contributed by atoms with van der Waals surface area (Å²) in [5, 5.41) is 10.5. The molecule has 0 aromatic carbocycles. The zero-order valence-corrected chi connectivity index (χ0v) is 10.9. The van der Waals surface area contributed by atoms with Crippen molar-refractivity contribution in [3.63, 3.8) is 0 Å². The summed E-state index contributed by atoms with van der Waals surface area (Å²) in [7, 11) is 0. The van der Waals surface area contributed by atoms with Crippen molar-refractivity contribution in [2.45, 2.75) is 48.6 Å². The van der Waals surface area contributed by atoms with Crippen LogP contribution in [0.1, 0.15) is 31.2 Å². The highest BCUT2D eigenvalue weighted by Crippen LogP contribution is 2.35. The topological polar surface area (TPSA) is 72.0 Å². The maximum atomic E-state index is 9.31. The Balaban J connectivity index is 1.97. The molecule has 0 aliphatic heterocycles. The van der Waals surface area contributed by atoms with Crippen LogP contribution in [0.4, 0.5) is 0 Å². The molecule has 2 atom stereocenters. The lowest BCUT2D eigenvalue weighted by molar-refractivity contribution is 0.159. The van der Waals surface area contributed by atoms with E-state index in [-0.39, 0.29) is 6.61 Å². The first kappa shape index (κ1) is 12.8. The van der Waals surface area contributed by atoms with Crippen molar-refractivity contribution in [3.05, 3.63) is 18.0 Å². The van der Waals surface area contributed by atoms with Gasteiger partial charge in [0.25, 0.3) is 0 Å². The lowest BCUT2D eigenvalue weighted by Crippen LogP contribution is -2.48. The fourth-order valence-electron chi connectivity index (χ4n) is 2.17. The monoisotopic (exact) mass is 253 g/mol. The van der Waals surface area contributed by atoms with Crippen molar-refractivity contribution in [2.24, 2.45) is 5.73 Å². The van der Waals surface area contributed by atoms with Crippen LogP contribution in [0.5, 0.6) is 0 Å². The summed E-state index contributed by atoms with van der Waals surface area (Å²) in [4.78, 5) is 8.59. The Bertz CT molecular complexity index is 371. The molecule has 1 aromatic heterocycles. The molecule has 94 valence electrons. The molecule has 0 saturated heterocycles. The summed E-state index contributed by atoms with van der Waals surface area (Å²) in [6.45, 7) is 2.05. The van der Waals surface area contributed by atoms with Crippen molar-refractivity contribution in [1.29, 1.82) is 0 Å². The van der Waals surface area contributed by atoms with Gasteiger partial charge in [-0.15, -0.1) is 0 Å². The van der Waals surface area contributed by atoms with Gasteiger partial charge >= 0.3 is 0 Å². The molecule has 1 aromatic rings. The first-order valence-corrected chi connectivity index (χ1v) is 6.84. The molecule has 1 aliphatic rings. The smallest absolute Gasteiger partial charge is 0.187 e. The molecule has 0 radical (unpaired) electrons. The summed E-state index contributed by atoms with van der Waals surface area (Å²) in [6, 6.07) is 0. The molecule has 1 saturated carbocycles. The Labute approximate surface area is 106 Å². The van der Waals surface area contributed by atoms with E-state index < -0.39 is 5.54 Å². The molecule has 4 nitrogen and oxygen atoms in total. The zero-order chi connectivity index (χ0) is 12.3. The molecule has 0 spiro atoms. The number of hydrogen-bond acceptors (Lipinski definition) is 5. The summed E-state index contributed by atoms with van der Waals surface area (Å²) < 4.78 is 0. The molecule has 0 amide bonds. The average Bonchev–Trinajstić information content (AvgIpc) is 2.32. The van der Waals surface area contributed by atoms with Crippen molar-refractivity contribution in [3.8, 4) is 0 Å². The van der Waals surface area contributed by atoms with E-state index in [1.54, 1.807) is 11.8 Å². The van der Waals surface area contributed by atoms with Gasteiger partial charge in [0.1, 0.15) is 0 Å². The number of thioether (sulfide) groups is 1. The molecule has 17 heavy (non-hydrogen) atoms. The lowest BCUT2D eigenvalue weighted by atomic mass is 9.83. The predicted molar refractivity (Wildman–Crippen MR) is 68.9 cm³/mol. The van der Waals surface area contributed by atoms with Crippen LogP contribution in [0.2, 0.25) is 0 Å². The third-order valence-electron chi connectivity index (χ3n) is 3.18. The number of nitrogens with zero attached hydrogens (tertiary/aromatic N) is 2. The first-order valence-electron chi connectivity index (χ1n) is 5.96. The van der Waals surface area contributed by atoms with Crippen LogP contribution in [0, 0.1) is 6.92 Å². The number of nitrogens with two attached hydrogens (primary N) is 1. The third-order valence-corrected chi connectivity index (χ3v) is 4.34. The fourth-order valence-corrected chi connectivity index (χ4v) is 3.40. The van der Waals surface area contributed by atoms with Gasteiger partial charge in [-0.2, -0.15) is 0 Å².